The molecule has 1 fully saturated rings. The van der Waals surface area contributed by atoms with Crippen LogP contribution in [-0.4, -0.2) is 24.0 Å². The average Bonchev–Trinajstić information content (AvgIpc) is 2.07. The lowest BCUT2D eigenvalue weighted by Gasteiger charge is -2.32. The Morgan fingerprint density at radius 3 is 2.45 bits per heavy atom. The molecule has 11 heavy (non-hydrogen) atoms. The molecule has 0 aliphatic carbocycles. The molecule has 0 bridgehead atoms. The Morgan fingerprint density at radius 2 is 1.91 bits per heavy atom. The molecule has 0 N–H and O–H groups in total. The summed E-state index contributed by atoms with van der Waals surface area (Å²) < 4.78 is 0. The van der Waals surface area contributed by atoms with Crippen LogP contribution in [0, 0.1) is 6.92 Å². The van der Waals surface area contributed by atoms with E-state index in [-0.39, 0.29) is 0 Å². The van der Waals surface area contributed by atoms with Crippen LogP contribution in [0.5, 0.6) is 0 Å². The second kappa shape index (κ2) is 4.76. The number of hydrogen-bond donors (Lipinski definition) is 0. The fraction of sp³-hybridized carbons (Fsp3) is 0.900. The summed E-state index contributed by atoms with van der Waals surface area (Å²) in [6.07, 6.45) is 6.59. The quantitative estimate of drug-likeness (QED) is 0.603. The van der Waals surface area contributed by atoms with Gasteiger partial charge in [0, 0.05) is 6.04 Å². The molecule has 1 unspecified atom stereocenters. The van der Waals surface area contributed by atoms with Gasteiger partial charge in [0.25, 0.3) is 0 Å². The first-order chi connectivity index (χ1) is 5.34. The van der Waals surface area contributed by atoms with E-state index in [4.69, 9.17) is 0 Å². The monoisotopic (exact) mass is 154 g/mol. The summed E-state index contributed by atoms with van der Waals surface area (Å²) in [5.74, 6) is 0. The van der Waals surface area contributed by atoms with Crippen LogP contribution in [-0.2, 0) is 0 Å². The maximum Gasteiger partial charge on any atom is 0.00669 e. The van der Waals surface area contributed by atoms with E-state index in [2.05, 4.69) is 18.7 Å². The van der Waals surface area contributed by atoms with Gasteiger partial charge in [0.15, 0.2) is 0 Å². The summed E-state index contributed by atoms with van der Waals surface area (Å²) in [4.78, 5) is 2.61. The SMILES string of the molecule is [CH2]CCC(C)N1CCCCC1. The lowest BCUT2D eigenvalue weighted by molar-refractivity contribution is 0.167. The van der Waals surface area contributed by atoms with E-state index in [9.17, 15) is 0 Å². The Balaban J connectivity index is 2.21. The summed E-state index contributed by atoms with van der Waals surface area (Å²) in [6.45, 7) is 8.86. The second-order valence-corrected chi connectivity index (χ2v) is 3.59. The lowest BCUT2D eigenvalue weighted by atomic mass is 10.1. The summed E-state index contributed by atoms with van der Waals surface area (Å²) in [5, 5.41) is 0. The molecule has 1 aliphatic heterocycles. The highest BCUT2D eigenvalue weighted by Gasteiger charge is 2.14. The van der Waals surface area contributed by atoms with Gasteiger partial charge in [-0.25, -0.2) is 0 Å². The van der Waals surface area contributed by atoms with Crippen LogP contribution in [0.25, 0.3) is 0 Å². The Bertz CT molecular complexity index is 95.0. The normalized spacial score (nSPS) is 23.5. The van der Waals surface area contributed by atoms with Crippen molar-refractivity contribution in [3.8, 4) is 0 Å². The molecule has 1 aliphatic rings. The Labute approximate surface area is 70.8 Å². The van der Waals surface area contributed by atoms with Gasteiger partial charge in [-0.1, -0.05) is 19.8 Å². The van der Waals surface area contributed by atoms with Crippen LogP contribution in [0.4, 0.5) is 0 Å². The zero-order chi connectivity index (χ0) is 8.10. The van der Waals surface area contributed by atoms with Crippen molar-refractivity contribution < 1.29 is 0 Å². The molecule has 0 aromatic carbocycles. The molecule has 0 spiro atoms. The predicted molar refractivity (Wildman–Crippen MR) is 49.5 cm³/mol. The number of likely N-dealkylation sites (tertiary alicyclic amines) is 1. The van der Waals surface area contributed by atoms with Gasteiger partial charge in [0.05, 0.1) is 0 Å². The van der Waals surface area contributed by atoms with Crippen molar-refractivity contribution in [2.45, 2.75) is 45.1 Å². The Hall–Kier alpha value is -0.0400. The van der Waals surface area contributed by atoms with Crippen molar-refractivity contribution in [3.05, 3.63) is 6.92 Å². The molecule has 0 aromatic rings. The minimum absolute atomic E-state index is 0.771. The van der Waals surface area contributed by atoms with E-state index in [0.29, 0.717) is 0 Å². The second-order valence-electron chi connectivity index (χ2n) is 3.59. The van der Waals surface area contributed by atoms with Gasteiger partial charge in [-0.05, 0) is 39.3 Å². The molecule has 65 valence electrons. The molecule has 0 saturated carbocycles. The third-order valence-corrected chi connectivity index (χ3v) is 2.64. The van der Waals surface area contributed by atoms with Crippen molar-refractivity contribution in [2.75, 3.05) is 13.1 Å². The topological polar surface area (TPSA) is 3.24 Å². The molecule has 1 heteroatoms. The van der Waals surface area contributed by atoms with Crippen LogP contribution in [0.3, 0.4) is 0 Å². The smallest absolute Gasteiger partial charge is 0.00669 e. The summed E-state index contributed by atoms with van der Waals surface area (Å²) >= 11 is 0. The van der Waals surface area contributed by atoms with Gasteiger partial charge in [0.1, 0.15) is 0 Å². The fourth-order valence-electron chi connectivity index (χ4n) is 1.84. The molecule has 1 nitrogen and oxygen atoms in total. The summed E-state index contributed by atoms with van der Waals surface area (Å²) in [7, 11) is 0. The highest BCUT2D eigenvalue weighted by molar-refractivity contribution is 4.71. The largest absolute Gasteiger partial charge is 0.301 e. The molecule has 1 radical (unpaired) electrons. The summed E-state index contributed by atoms with van der Waals surface area (Å²) in [5.41, 5.74) is 0. The van der Waals surface area contributed by atoms with E-state index in [1.807, 2.05) is 0 Å². The Morgan fingerprint density at radius 1 is 1.27 bits per heavy atom. The first-order valence-electron chi connectivity index (χ1n) is 4.88. The van der Waals surface area contributed by atoms with Gasteiger partial charge in [0.2, 0.25) is 0 Å². The number of nitrogens with zero attached hydrogens (tertiary/aromatic N) is 1. The summed E-state index contributed by atoms with van der Waals surface area (Å²) in [6, 6.07) is 0.771. The maximum absolute atomic E-state index is 3.89. The van der Waals surface area contributed by atoms with Crippen LogP contribution in [0.2, 0.25) is 0 Å². The van der Waals surface area contributed by atoms with Crippen molar-refractivity contribution >= 4 is 0 Å². The van der Waals surface area contributed by atoms with Gasteiger partial charge < -0.3 is 4.90 Å². The number of piperidine rings is 1. The molecular weight excluding hydrogens is 134 g/mol. The number of hydrogen-bond acceptors (Lipinski definition) is 1. The molecular formula is C10H20N. The van der Waals surface area contributed by atoms with Crippen LogP contribution < -0.4 is 0 Å². The highest BCUT2D eigenvalue weighted by Crippen LogP contribution is 2.14. The first-order valence-corrected chi connectivity index (χ1v) is 4.88. The third kappa shape index (κ3) is 2.82. The van der Waals surface area contributed by atoms with E-state index in [1.165, 1.54) is 38.8 Å². The minimum atomic E-state index is 0.771. The van der Waals surface area contributed by atoms with Crippen molar-refractivity contribution in [3.63, 3.8) is 0 Å². The number of rotatable bonds is 3. The molecule has 0 amide bonds. The van der Waals surface area contributed by atoms with Gasteiger partial charge >= 0.3 is 0 Å². The zero-order valence-corrected chi connectivity index (χ0v) is 7.68. The standard InChI is InChI=1S/C10H20N/c1-3-7-10(2)11-8-5-4-6-9-11/h10H,1,3-9H2,2H3. The first kappa shape index (κ1) is 9.05. The van der Waals surface area contributed by atoms with Gasteiger partial charge in [-0.2, -0.15) is 0 Å². The third-order valence-electron chi connectivity index (χ3n) is 2.64. The molecule has 1 heterocycles. The van der Waals surface area contributed by atoms with Gasteiger partial charge in [-0.3, -0.25) is 0 Å². The van der Waals surface area contributed by atoms with Crippen LogP contribution in [0.1, 0.15) is 39.0 Å². The molecule has 0 aromatic heterocycles. The fourth-order valence-corrected chi connectivity index (χ4v) is 1.84. The van der Waals surface area contributed by atoms with E-state index in [0.717, 1.165) is 12.5 Å². The van der Waals surface area contributed by atoms with Crippen LogP contribution >= 0.6 is 0 Å². The maximum atomic E-state index is 3.89. The molecule has 1 rings (SSSR count). The zero-order valence-electron chi connectivity index (χ0n) is 7.68. The molecule has 1 atom stereocenters. The van der Waals surface area contributed by atoms with Crippen molar-refractivity contribution in [2.24, 2.45) is 0 Å². The Kier molecular flexibility index (Phi) is 3.92. The van der Waals surface area contributed by atoms with E-state index < -0.39 is 0 Å². The van der Waals surface area contributed by atoms with Crippen molar-refractivity contribution in [1.29, 1.82) is 0 Å². The lowest BCUT2D eigenvalue weighted by Crippen LogP contribution is -2.37. The predicted octanol–water partition coefficient (Wildman–Crippen LogP) is 2.48. The average molecular weight is 154 g/mol. The van der Waals surface area contributed by atoms with Crippen LogP contribution in [0.15, 0.2) is 0 Å². The molecule has 1 saturated heterocycles. The van der Waals surface area contributed by atoms with Gasteiger partial charge in [-0.15, -0.1) is 0 Å². The van der Waals surface area contributed by atoms with Crippen molar-refractivity contribution in [1.82, 2.24) is 4.90 Å². The highest BCUT2D eigenvalue weighted by atomic mass is 15.1. The van der Waals surface area contributed by atoms with E-state index >= 15 is 0 Å². The minimum Gasteiger partial charge on any atom is -0.301 e. The van der Waals surface area contributed by atoms with E-state index in [1.54, 1.807) is 0 Å².